The summed E-state index contributed by atoms with van der Waals surface area (Å²) >= 11 is 5.11. The molecule has 19 heavy (non-hydrogen) atoms. The Morgan fingerprint density at radius 1 is 1.26 bits per heavy atom. The molecule has 0 atom stereocenters. The van der Waals surface area contributed by atoms with Crippen molar-refractivity contribution in [2.45, 2.75) is 17.6 Å². The second-order valence-corrected chi connectivity index (χ2v) is 5.99. The Kier molecular flexibility index (Phi) is 4.66. The molecule has 2 aromatic carbocycles. The van der Waals surface area contributed by atoms with Crippen LogP contribution in [0.5, 0.6) is 5.75 Å². The Labute approximate surface area is 125 Å². The third-order valence-corrected chi connectivity index (χ3v) is 4.78. The van der Waals surface area contributed by atoms with Crippen LogP contribution in [0.25, 0.3) is 0 Å². The summed E-state index contributed by atoms with van der Waals surface area (Å²) in [6.45, 7) is 1.52. The monoisotopic (exact) mass is 336 g/mol. The first-order valence-electron chi connectivity index (χ1n) is 5.78. The fourth-order valence-corrected chi connectivity index (χ4v) is 3.19. The molecular formula is C15H13BrO2S. The Bertz CT molecular complexity index is 611. The lowest BCUT2D eigenvalue weighted by molar-refractivity contribution is 0.101. The molecule has 0 spiro atoms. The number of thioether (sulfide) groups is 1. The van der Waals surface area contributed by atoms with E-state index in [0.29, 0.717) is 11.3 Å². The molecule has 0 heterocycles. The highest BCUT2D eigenvalue weighted by Gasteiger charge is 2.07. The van der Waals surface area contributed by atoms with Crippen molar-refractivity contribution in [2.24, 2.45) is 0 Å². The summed E-state index contributed by atoms with van der Waals surface area (Å²) in [5.74, 6) is 0.854. The number of hydrogen-bond donors (Lipinski definition) is 1. The fraction of sp³-hybridized carbons (Fsp3) is 0.133. The fourth-order valence-electron chi connectivity index (χ4n) is 1.64. The zero-order chi connectivity index (χ0) is 13.8. The van der Waals surface area contributed by atoms with Crippen LogP contribution in [0.1, 0.15) is 22.8 Å². The molecule has 98 valence electrons. The van der Waals surface area contributed by atoms with E-state index in [1.807, 2.05) is 24.3 Å². The minimum absolute atomic E-state index is 0.00661. The molecule has 0 saturated carbocycles. The molecule has 0 fully saturated rings. The predicted octanol–water partition coefficient (Wildman–Crippen LogP) is 4.65. The topological polar surface area (TPSA) is 37.3 Å². The van der Waals surface area contributed by atoms with Gasteiger partial charge in [-0.2, -0.15) is 0 Å². The molecule has 0 bridgehead atoms. The van der Waals surface area contributed by atoms with Gasteiger partial charge >= 0.3 is 0 Å². The highest BCUT2D eigenvalue weighted by Crippen LogP contribution is 2.32. The van der Waals surface area contributed by atoms with Gasteiger partial charge in [0.1, 0.15) is 5.75 Å². The van der Waals surface area contributed by atoms with E-state index in [1.54, 1.807) is 30.0 Å². The SMILES string of the molecule is CC(=O)c1ccc(O)c(CSc2ccccc2Br)c1. The van der Waals surface area contributed by atoms with E-state index in [0.717, 1.165) is 14.9 Å². The van der Waals surface area contributed by atoms with Gasteiger partial charge in [-0.1, -0.05) is 12.1 Å². The van der Waals surface area contributed by atoms with Gasteiger partial charge in [-0.05, 0) is 53.2 Å². The molecule has 0 aliphatic rings. The van der Waals surface area contributed by atoms with Crippen LogP contribution in [-0.2, 0) is 5.75 Å². The van der Waals surface area contributed by atoms with E-state index in [4.69, 9.17) is 0 Å². The van der Waals surface area contributed by atoms with Gasteiger partial charge in [0.05, 0.1) is 0 Å². The number of benzene rings is 2. The average molecular weight is 337 g/mol. The lowest BCUT2D eigenvalue weighted by Crippen LogP contribution is -1.93. The maximum Gasteiger partial charge on any atom is 0.159 e. The first-order valence-corrected chi connectivity index (χ1v) is 7.56. The van der Waals surface area contributed by atoms with Gasteiger partial charge in [-0.3, -0.25) is 4.79 Å². The number of carbonyl (C=O) groups is 1. The highest BCUT2D eigenvalue weighted by atomic mass is 79.9. The number of ketones is 1. The quantitative estimate of drug-likeness (QED) is 0.652. The molecule has 2 rings (SSSR count). The molecule has 0 aliphatic heterocycles. The van der Waals surface area contributed by atoms with Crippen molar-refractivity contribution in [3.05, 3.63) is 58.1 Å². The summed E-state index contributed by atoms with van der Waals surface area (Å²) < 4.78 is 1.03. The van der Waals surface area contributed by atoms with Crippen molar-refractivity contribution in [3.63, 3.8) is 0 Å². The second-order valence-electron chi connectivity index (χ2n) is 4.12. The van der Waals surface area contributed by atoms with Crippen LogP contribution < -0.4 is 0 Å². The number of Topliss-reactive ketones (excluding diaryl/α,β-unsaturated/α-hetero) is 1. The minimum Gasteiger partial charge on any atom is -0.508 e. The van der Waals surface area contributed by atoms with E-state index >= 15 is 0 Å². The van der Waals surface area contributed by atoms with E-state index in [1.165, 1.54) is 6.92 Å². The molecule has 0 amide bonds. The number of phenolic OH excluding ortho intramolecular Hbond substituents is 1. The lowest BCUT2D eigenvalue weighted by atomic mass is 10.1. The van der Waals surface area contributed by atoms with E-state index in [-0.39, 0.29) is 11.5 Å². The Morgan fingerprint density at radius 2 is 2.00 bits per heavy atom. The summed E-state index contributed by atoms with van der Waals surface area (Å²) in [6, 6.07) is 12.9. The number of hydrogen-bond acceptors (Lipinski definition) is 3. The Balaban J connectivity index is 2.17. The van der Waals surface area contributed by atoms with Crippen LogP contribution in [0, 0.1) is 0 Å². The number of phenols is 1. The number of aromatic hydroxyl groups is 1. The van der Waals surface area contributed by atoms with Gasteiger partial charge in [-0.15, -0.1) is 11.8 Å². The highest BCUT2D eigenvalue weighted by molar-refractivity contribution is 9.10. The molecule has 2 nitrogen and oxygen atoms in total. The molecule has 0 aromatic heterocycles. The van der Waals surface area contributed by atoms with Crippen molar-refractivity contribution in [2.75, 3.05) is 0 Å². The van der Waals surface area contributed by atoms with Crippen molar-refractivity contribution in [1.82, 2.24) is 0 Å². The van der Waals surface area contributed by atoms with E-state index < -0.39 is 0 Å². The van der Waals surface area contributed by atoms with Gasteiger partial charge in [0.15, 0.2) is 5.78 Å². The minimum atomic E-state index is 0.00661. The third kappa shape index (κ3) is 3.61. The van der Waals surface area contributed by atoms with Crippen molar-refractivity contribution in [1.29, 1.82) is 0 Å². The first-order chi connectivity index (χ1) is 9.08. The van der Waals surface area contributed by atoms with Gasteiger partial charge in [0.2, 0.25) is 0 Å². The Morgan fingerprint density at radius 3 is 2.68 bits per heavy atom. The summed E-state index contributed by atoms with van der Waals surface area (Å²) in [5, 5.41) is 9.83. The van der Waals surface area contributed by atoms with Crippen molar-refractivity contribution < 1.29 is 9.90 Å². The van der Waals surface area contributed by atoms with Gasteiger partial charge in [-0.25, -0.2) is 0 Å². The maximum absolute atomic E-state index is 11.3. The summed E-state index contributed by atoms with van der Waals surface area (Å²) in [6.07, 6.45) is 0. The maximum atomic E-state index is 11.3. The standard InChI is InChI=1S/C15H13BrO2S/c1-10(17)11-6-7-14(18)12(8-11)9-19-15-5-3-2-4-13(15)16/h2-8,18H,9H2,1H3. The largest absolute Gasteiger partial charge is 0.508 e. The molecule has 0 radical (unpaired) electrons. The second kappa shape index (κ2) is 6.26. The average Bonchev–Trinajstić information content (AvgIpc) is 2.39. The Hall–Kier alpha value is -1.26. The molecular weight excluding hydrogens is 324 g/mol. The smallest absolute Gasteiger partial charge is 0.159 e. The molecule has 2 aromatic rings. The summed E-state index contributed by atoms with van der Waals surface area (Å²) in [4.78, 5) is 12.4. The lowest BCUT2D eigenvalue weighted by Gasteiger charge is -2.07. The molecule has 0 saturated heterocycles. The van der Waals surface area contributed by atoms with Gasteiger partial charge in [0, 0.05) is 26.2 Å². The van der Waals surface area contributed by atoms with Crippen LogP contribution in [0.3, 0.4) is 0 Å². The number of halogens is 1. The van der Waals surface area contributed by atoms with Crippen LogP contribution in [0.15, 0.2) is 51.8 Å². The zero-order valence-electron chi connectivity index (χ0n) is 10.4. The first kappa shape index (κ1) is 14.2. The molecule has 1 N–H and O–H groups in total. The van der Waals surface area contributed by atoms with Crippen LogP contribution in [0.4, 0.5) is 0 Å². The van der Waals surface area contributed by atoms with Gasteiger partial charge in [0.25, 0.3) is 0 Å². The molecule has 4 heteroatoms. The van der Waals surface area contributed by atoms with Crippen LogP contribution in [-0.4, -0.2) is 10.9 Å². The van der Waals surface area contributed by atoms with Crippen LogP contribution >= 0.6 is 27.7 Å². The van der Waals surface area contributed by atoms with Gasteiger partial charge < -0.3 is 5.11 Å². The van der Waals surface area contributed by atoms with Crippen molar-refractivity contribution in [3.8, 4) is 5.75 Å². The predicted molar refractivity (Wildman–Crippen MR) is 81.8 cm³/mol. The third-order valence-electron chi connectivity index (χ3n) is 2.71. The summed E-state index contributed by atoms with van der Waals surface area (Å²) in [7, 11) is 0. The van der Waals surface area contributed by atoms with Crippen LogP contribution in [0.2, 0.25) is 0 Å². The zero-order valence-corrected chi connectivity index (χ0v) is 12.8. The molecule has 0 aliphatic carbocycles. The summed E-state index contributed by atoms with van der Waals surface area (Å²) in [5.41, 5.74) is 1.40. The number of rotatable bonds is 4. The van der Waals surface area contributed by atoms with E-state index in [9.17, 15) is 9.90 Å². The number of carbonyl (C=O) groups excluding carboxylic acids is 1. The normalized spacial score (nSPS) is 10.4. The molecule has 0 unspecified atom stereocenters. The van der Waals surface area contributed by atoms with Crippen molar-refractivity contribution >= 4 is 33.5 Å². The van der Waals surface area contributed by atoms with E-state index in [2.05, 4.69) is 15.9 Å².